The highest BCUT2D eigenvalue weighted by molar-refractivity contribution is 5.73. The van der Waals surface area contributed by atoms with Crippen LogP contribution in [-0.2, 0) is 24.6 Å². The minimum atomic E-state index is -0.665. The smallest absolute Gasteiger partial charge is 0.311 e. The monoisotopic (exact) mass is 414 g/mol. The second-order valence-electron chi connectivity index (χ2n) is 9.54. The van der Waals surface area contributed by atoms with Crippen LogP contribution in [0.2, 0.25) is 0 Å². The first-order chi connectivity index (χ1) is 14.6. The molecular weight excluding hydrogens is 384 g/mol. The fraction of sp³-hybridized carbons (Fsp3) is 0.696. The zero-order valence-electron chi connectivity index (χ0n) is 17.4. The van der Waals surface area contributed by atoms with Crippen molar-refractivity contribution in [3.63, 3.8) is 0 Å². The standard InChI is InChI=1S/C23H30N2O5/c1-28-21(27)20-15-12-19-23-22(29-10-11-30-23,16-4-2-3-5-17(16)24-23)8-9-25(19)13-14(15)6-7-18(20)26/h2-5,14-15,18-20,24,26H,6-13H2,1H3/t14-,15-,18-,19-,20+,22-,23-/m0/s1. The topological polar surface area (TPSA) is 80.3 Å². The normalized spacial score (nSPS) is 44.5. The van der Waals surface area contributed by atoms with Gasteiger partial charge in [-0.1, -0.05) is 18.2 Å². The molecule has 1 aromatic carbocycles. The fourth-order valence-corrected chi connectivity index (χ4v) is 7.24. The molecule has 4 heterocycles. The Hall–Kier alpha value is -1.67. The molecule has 7 heteroatoms. The van der Waals surface area contributed by atoms with E-state index < -0.39 is 23.3 Å². The number of para-hydroxylation sites is 1. The average molecular weight is 415 g/mol. The molecule has 1 aliphatic carbocycles. The van der Waals surface area contributed by atoms with Crippen molar-refractivity contribution in [1.82, 2.24) is 4.90 Å². The Labute approximate surface area is 176 Å². The fourth-order valence-electron chi connectivity index (χ4n) is 7.24. The van der Waals surface area contributed by atoms with E-state index in [4.69, 9.17) is 14.2 Å². The summed E-state index contributed by atoms with van der Waals surface area (Å²) in [4.78, 5) is 15.2. The van der Waals surface area contributed by atoms with Gasteiger partial charge in [-0.2, -0.15) is 0 Å². The number of fused-ring (bicyclic) bond motifs is 3. The highest BCUT2D eigenvalue weighted by Crippen LogP contribution is 2.60. The van der Waals surface area contributed by atoms with Crippen LogP contribution in [0.5, 0.6) is 0 Å². The highest BCUT2D eigenvalue weighted by Gasteiger charge is 2.70. The van der Waals surface area contributed by atoms with Crippen molar-refractivity contribution in [1.29, 1.82) is 0 Å². The van der Waals surface area contributed by atoms with E-state index in [9.17, 15) is 9.90 Å². The van der Waals surface area contributed by atoms with Gasteiger partial charge in [0, 0.05) is 24.3 Å². The highest BCUT2D eigenvalue weighted by atomic mass is 16.6. The number of hydrogen-bond donors (Lipinski definition) is 2. The number of esters is 1. The number of aliphatic hydroxyl groups excluding tert-OH is 1. The van der Waals surface area contributed by atoms with Crippen LogP contribution in [0.1, 0.15) is 31.2 Å². The van der Waals surface area contributed by atoms with Gasteiger partial charge in [0.2, 0.25) is 0 Å². The molecule has 4 aliphatic heterocycles. The molecule has 162 valence electrons. The average Bonchev–Trinajstić information content (AvgIpc) is 3.09. The number of ether oxygens (including phenoxy) is 3. The zero-order chi connectivity index (χ0) is 20.5. The number of carbonyl (C=O) groups is 1. The maximum Gasteiger partial charge on any atom is 0.311 e. The predicted molar refractivity (Wildman–Crippen MR) is 109 cm³/mol. The second kappa shape index (κ2) is 6.66. The first-order valence-corrected chi connectivity index (χ1v) is 11.3. The van der Waals surface area contributed by atoms with E-state index in [0.717, 1.165) is 38.0 Å². The van der Waals surface area contributed by atoms with Crippen molar-refractivity contribution in [2.45, 2.75) is 49.2 Å². The van der Waals surface area contributed by atoms with E-state index in [-0.39, 0.29) is 17.9 Å². The van der Waals surface area contributed by atoms with E-state index in [1.807, 2.05) is 6.07 Å². The molecule has 1 aromatic rings. The minimum absolute atomic E-state index is 0.0673. The lowest BCUT2D eigenvalue weighted by atomic mass is 9.62. The van der Waals surface area contributed by atoms with Gasteiger partial charge in [0.1, 0.15) is 5.60 Å². The van der Waals surface area contributed by atoms with Crippen molar-refractivity contribution >= 4 is 11.7 Å². The Kier molecular flexibility index (Phi) is 4.23. The van der Waals surface area contributed by atoms with E-state index in [0.29, 0.717) is 25.6 Å². The molecule has 0 amide bonds. The molecule has 2 N–H and O–H groups in total. The first-order valence-electron chi connectivity index (χ1n) is 11.3. The molecule has 0 bridgehead atoms. The van der Waals surface area contributed by atoms with E-state index >= 15 is 0 Å². The van der Waals surface area contributed by atoms with Crippen molar-refractivity contribution in [3.8, 4) is 0 Å². The summed E-state index contributed by atoms with van der Waals surface area (Å²) in [5, 5.41) is 14.4. The van der Waals surface area contributed by atoms with Crippen LogP contribution in [0.25, 0.3) is 0 Å². The van der Waals surface area contributed by atoms with Crippen molar-refractivity contribution < 1.29 is 24.1 Å². The van der Waals surface area contributed by atoms with Gasteiger partial charge in [-0.15, -0.1) is 0 Å². The summed E-state index contributed by atoms with van der Waals surface area (Å²) in [6, 6.07) is 8.44. The molecule has 4 fully saturated rings. The number of nitrogens with one attached hydrogen (secondary N) is 1. The molecule has 0 unspecified atom stereocenters. The Balaban J connectivity index is 1.41. The van der Waals surface area contributed by atoms with Gasteiger partial charge in [0.05, 0.1) is 38.4 Å². The van der Waals surface area contributed by atoms with Crippen molar-refractivity contribution in [2.75, 3.05) is 38.7 Å². The van der Waals surface area contributed by atoms with Crippen LogP contribution in [0.4, 0.5) is 5.69 Å². The summed E-state index contributed by atoms with van der Waals surface area (Å²) in [5.74, 6) is -0.264. The number of nitrogens with zero attached hydrogens (tertiary/aromatic N) is 1. The molecule has 30 heavy (non-hydrogen) atoms. The molecule has 0 radical (unpaired) electrons. The van der Waals surface area contributed by atoms with Gasteiger partial charge in [0.15, 0.2) is 5.72 Å². The maximum absolute atomic E-state index is 12.6. The van der Waals surface area contributed by atoms with Crippen LogP contribution >= 0.6 is 0 Å². The second-order valence-corrected chi connectivity index (χ2v) is 9.54. The summed E-state index contributed by atoms with van der Waals surface area (Å²) in [5.41, 5.74) is 1.08. The first kappa shape index (κ1) is 19.0. The minimum Gasteiger partial charge on any atom is -0.469 e. The number of piperidine rings is 2. The largest absolute Gasteiger partial charge is 0.469 e. The third-order valence-corrected chi connectivity index (χ3v) is 8.46. The molecule has 1 saturated carbocycles. The summed E-state index contributed by atoms with van der Waals surface area (Å²) < 4.78 is 18.3. The molecule has 0 spiro atoms. The molecule has 7 nitrogen and oxygen atoms in total. The van der Waals surface area contributed by atoms with Gasteiger partial charge in [-0.05, 0) is 43.6 Å². The lowest BCUT2D eigenvalue weighted by Crippen LogP contribution is -2.75. The number of anilines is 1. The maximum atomic E-state index is 12.6. The number of aliphatic hydroxyl groups is 1. The van der Waals surface area contributed by atoms with Gasteiger partial charge >= 0.3 is 5.97 Å². The van der Waals surface area contributed by atoms with E-state index in [2.05, 4.69) is 28.4 Å². The van der Waals surface area contributed by atoms with E-state index in [1.54, 1.807) is 0 Å². The number of carbonyl (C=O) groups excluding carboxylic acids is 1. The predicted octanol–water partition coefficient (Wildman–Crippen LogP) is 1.70. The summed E-state index contributed by atoms with van der Waals surface area (Å²) in [7, 11) is 1.42. The molecule has 3 saturated heterocycles. The van der Waals surface area contributed by atoms with Crippen molar-refractivity contribution in [2.24, 2.45) is 17.8 Å². The Morgan fingerprint density at radius 1 is 1.27 bits per heavy atom. The van der Waals surface area contributed by atoms with Crippen LogP contribution in [0.15, 0.2) is 24.3 Å². The Morgan fingerprint density at radius 3 is 2.97 bits per heavy atom. The number of benzene rings is 1. The number of rotatable bonds is 1. The summed E-state index contributed by atoms with van der Waals surface area (Å²) >= 11 is 0. The van der Waals surface area contributed by atoms with Crippen LogP contribution in [-0.4, -0.2) is 67.3 Å². The lowest BCUT2D eigenvalue weighted by Gasteiger charge is -2.62. The quantitative estimate of drug-likeness (QED) is 0.677. The van der Waals surface area contributed by atoms with Gasteiger partial charge < -0.3 is 24.6 Å². The molecule has 6 rings (SSSR count). The number of methoxy groups -OCH3 is 1. The van der Waals surface area contributed by atoms with Crippen LogP contribution < -0.4 is 5.32 Å². The van der Waals surface area contributed by atoms with Gasteiger partial charge in [-0.25, -0.2) is 0 Å². The lowest BCUT2D eigenvalue weighted by molar-refractivity contribution is -0.300. The van der Waals surface area contributed by atoms with Crippen molar-refractivity contribution in [3.05, 3.63) is 29.8 Å². The number of hydrogen-bond acceptors (Lipinski definition) is 7. The molecule has 0 aromatic heterocycles. The van der Waals surface area contributed by atoms with E-state index in [1.165, 1.54) is 12.7 Å². The third kappa shape index (κ3) is 2.32. The zero-order valence-corrected chi connectivity index (χ0v) is 17.4. The molecule has 5 aliphatic rings. The molecule has 7 atom stereocenters. The van der Waals surface area contributed by atoms with Gasteiger partial charge in [0.25, 0.3) is 0 Å². The molecular formula is C23H30N2O5. The van der Waals surface area contributed by atoms with Gasteiger partial charge in [-0.3, -0.25) is 9.69 Å². The Bertz CT molecular complexity index is 864. The SMILES string of the molecule is COC(=O)[C@@H]1[C@H]2C[C@@H]3N(CC[C@@]45OCCO[C@@]34Nc3ccccc35)C[C@@H]2CC[C@@H]1O. The Morgan fingerprint density at radius 2 is 2.10 bits per heavy atom. The summed E-state index contributed by atoms with van der Waals surface area (Å²) in [6.07, 6.45) is 2.65. The summed E-state index contributed by atoms with van der Waals surface area (Å²) in [6.45, 7) is 3.00. The van der Waals surface area contributed by atoms with Crippen LogP contribution in [0, 0.1) is 17.8 Å². The third-order valence-electron chi connectivity index (χ3n) is 8.46. The van der Waals surface area contributed by atoms with Crippen LogP contribution in [0.3, 0.4) is 0 Å².